The number of aliphatic hydroxyl groups excluding tert-OH is 1. The van der Waals surface area contributed by atoms with Gasteiger partial charge in [-0.15, -0.1) is 0 Å². The molecule has 1 N–H and O–H groups in total. The average Bonchev–Trinajstić information content (AvgIpc) is 3.10. The van der Waals surface area contributed by atoms with Gasteiger partial charge in [-0.1, -0.05) is 0 Å². The molecule has 2 aromatic rings. The van der Waals surface area contributed by atoms with Crippen LogP contribution in [0.5, 0.6) is 17.2 Å². The average molecular weight is 355 g/mol. The molecule has 1 aromatic heterocycles. The van der Waals surface area contributed by atoms with Gasteiger partial charge in [0.2, 0.25) is 5.75 Å². The standard InChI is InChI=1S/C19H17NO6/c1-23-15-8-4-5-20-18-12(8)13(16(24-2)17(15)25-3)9-6-11-14(22)10(21)7-19(9,18)26-11/h4-6,11,14,22H,7H2,1-3H3/t11-,14-,19-/m0/s1. The van der Waals surface area contributed by atoms with E-state index in [0.29, 0.717) is 22.9 Å². The van der Waals surface area contributed by atoms with Gasteiger partial charge in [0.15, 0.2) is 17.3 Å². The lowest BCUT2D eigenvalue weighted by Gasteiger charge is -2.34. The van der Waals surface area contributed by atoms with Crippen LogP contribution < -0.4 is 14.2 Å². The molecule has 3 aliphatic rings. The molecule has 1 fully saturated rings. The molecular weight excluding hydrogens is 338 g/mol. The van der Waals surface area contributed by atoms with Crippen LogP contribution in [-0.2, 0) is 15.1 Å². The number of ketones is 1. The normalized spacial score (nSPS) is 28.2. The number of benzene rings is 1. The molecule has 0 unspecified atom stereocenters. The molecule has 7 nitrogen and oxygen atoms in total. The number of aromatic nitrogens is 1. The zero-order chi connectivity index (χ0) is 18.2. The van der Waals surface area contributed by atoms with Gasteiger partial charge in [-0.2, -0.15) is 0 Å². The van der Waals surface area contributed by atoms with E-state index in [1.807, 2.05) is 6.07 Å². The van der Waals surface area contributed by atoms with Crippen molar-refractivity contribution in [3.8, 4) is 17.2 Å². The summed E-state index contributed by atoms with van der Waals surface area (Å²) in [7, 11) is 4.68. The Labute approximate surface area is 149 Å². The van der Waals surface area contributed by atoms with Crippen LogP contribution in [-0.4, -0.2) is 49.4 Å². The van der Waals surface area contributed by atoms with Gasteiger partial charge in [-0.3, -0.25) is 9.78 Å². The van der Waals surface area contributed by atoms with E-state index in [2.05, 4.69) is 4.98 Å². The van der Waals surface area contributed by atoms with E-state index in [4.69, 9.17) is 18.9 Å². The second-order valence-electron chi connectivity index (χ2n) is 6.63. The zero-order valence-electron chi connectivity index (χ0n) is 14.5. The van der Waals surface area contributed by atoms with Gasteiger partial charge in [0.1, 0.15) is 17.8 Å². The minimum Gasteiger partial charge on any atom is -0.492 e. The first-order valence-electron chi connectivity index (χ1n) is 8.29. The molecule has 3 atom stereocenters. The number of Topliss-reactive ketones (excluding diaryl/α,β-unsaturated/α-hetero) is 1. The topological polar surface area (TPSA) is 87.1 Å². The largest absolute Gasteiger partial charge is 0.492 e. The Morgan fingerprint density at radius 1 is 1.19 bits per heavy atom. The second kappa shape index (κ2) is 4.96. The minimum atomic E-state index is -1.16. The van der Waals surface area contributed by atoms with Crippen LogP contribution in [0.25, 0.3) is 16.3 Å². The van der Waals surface area contributed by atoms with Crippen molar-refractivity contribution in [2.75, 3.05) is 21.3 Å². The van der Waals surface area contributed by atoms with E-state index in [9.17, 15) is 9.90 Å². The van der Waals surface area contributed by atoms with Gasteiger partial charge in [0.05, 0.1) is 27.0 Å². The first-order chi connectivity index (χ1) is 12.6. The molecule has 7 heteroatoms. The van der Waals surface area contributed by atoms with E-state index in [1.54, 1.807) is 33.6 Å². The first-order valence-corrected chi connectivity index (χ1v) is 8.29. The number of rotatable bonds is 3. The highest BCUT2D eigenvalue weighted by Crippen LogP contribution is 2.63. The number of methoxy groups -OCH3 is 3. The summed E-state index contributed by atoms with van der Waals surface area (Å²) in [5, 5.41) is 11.8. The van der Waals surface area contributed by atoms with Crippen molar-refractivity contribution in [1.82, 2.24) is 4.98 Å². The van der Waals surface area contributed by atoms with Crippen molar-refractivity contribution in [3.05, 3.63) is 29.6 Å². The van der Waals surface area contributed by atoms with Gasteiger partial charge >= 0.3 is 0 Å². The lowest BCUT2D eigenvalue weighted by Crippen LogP contribution is -2.46. The number of aliphatic hydroxyl groups is 1. The van der Waals surface area contributed by atoms with E-state index in [0.717, 1.165) is 21.9 Å². The molecule has 1 saturated heterocycles. The van der Waals surface area contributed by atoms with Gasteiger partial charge in [0.25, 0.3) is 0 Å². The molecule has 0 saturated carbocycles. The van der Waals surface area contributed by atoms with E-state index >= 15 is 0 Å². The molecule has 2 aliphatic heterocycles. The number of pyridine rings is 1. The lowest BCUT2D eigenvalue weighted by molar-refractivity contribution is -0.158. The van der Waals surface area contributed by atoms with Gasteiger partial charge < -0.3 is 24.1 Å². The smallest absolute Gasteiger partial charge is 0.204 e. The molecule has 0 radical (unpaired) electrons. The summed E-state index contributed by atoms with van der Waals surface area (Å²) in [5.74, 6) is 1.27. The van der Waals surface area contributed by atoms with E-state index < -0.39 is 17.8 Å². The number of hydrogen-bond acceptors (Lipinski definition) is 7. The van der Waals surface area contributed by atoms with Crippen LogP contribution >= 0.6 is 0 Å². The fourth-order valence-corrected chi connectivity index (χ4v) is 4.51. The highest BCUT2D eigenvalue weighted by molar-refractivity contribution is 6.12. The molecule has 134 valence electrons. The lowest BCUT2D eigenvalue weighted by atomic mass is 9.88. The molecule has 5 rings (SSSR count). The highest BCUT2D eigenvalue weighted by atomic mass is 16.5. The Morgan fingerprint density at radius 2 is 1.92 bits per heavy atom. The Balaban J connectivity index is 1.94. The number of ether oxygens (including phenoxy) is 4. The quantitative estimate of drug-likeness (QED) is 0.894. The van der Waals surface area contributed by atoms with Gasteiger partial charge in [-0.05, 0) is 12.1 Å². The van der Waals surface area contributed by atoms with Crippen LogP contribution in [0.15, 0.2) is 18.3 Å². The Kier molecular flexibility index (Phi) is 2.98. The molecular formula is C19H17NO6. The third-order valence-electron chi connectivity index (χ3n) is 5.52. The molecule has 0 amide bonds. The number of carbonyl (C=O) groups excluding carboxylic acids is 1. The van der Waals surface area contributed by atoms with Crippen molar-refractivity contribution in [2.45, 2.75) is 24.2 Å². The van der Waals surface area contributed by atoms with Crippen LogP contribution in [0.3, 0.4) is 0 Å². The number of carbonyl (C=O) groups is 1. The molecule has 1 spiro atoms. The van der Waals surface area contributed by atoms with Crippen molar-refractivity contribution in [3.63, 3.8) is 0 Å². The van der Waals surface area contributed by atoms with Crippen molar-refractivity contribution in [1.29, 1.82) is 0 Å². The van der Waals surface area contributed by atoms with Gasteiger partial charge in [-0.25, -0.2) is 0 Å². The molecule has 1 aliphatic carbocycles. The zero-order valence-corrected chi connectivity index (χ0v) is 14.5. The summed E-state index contributed by atoms with van der Waals surface area (Å²) in [6.07, 6.45) is 1.66. The fourth-order valence-electron chi connectivity index (χ4n) is 4.51. The molecule has 3 heterocycles. The Hall–Kier alpha value is -2.64. The van der Waals surface area contributed by atoms with Crippen molar-refractivity contribution >= 4 is 22.1 Å². The maximum atomic E-state index is 12.4. The molecule has 26 heavy (non-hydrogen) atoms. The Morgan fingerprint density at radius 3 is 2.62 bits per heavy atom. The summed E-state index contributed by atoms with van der Waals surface area (Å²) < 4.78 is 23.0. The SMILES string of the molecule is COc1c(OC)c2c3c(nccc3c1OC)[C@]13CC(=O)[C@H](O)[C@H](C=C21)O3. The third-order valence-corrected chi connectivity index (χ3v) is 5.52. The van der Waals surface area contributed by atoms with Gasteiger partial charge in [0, 0.05) is 34.5 Å². The van der Waals surface area contributed by atoms with Crippen molar-refractivity contribution in [2.24, 2.45) is 0 Å². The number of hydrogen-bond donors (Lipinski definition) is 1. The summed E-state index contributed by atoms with van der Waals surface area (Å²) in [6.45, 7) is 0. The van der Waals surface area contributed by atoms with Crippen LogP contribution in [0.4, 0.5) is 0 Å². The minimum absolute atomic E-state index is 0.0328. The number of nitrogens with zero attached hydrogens (tertiary/aromatic N) is 1. The van der Waals surface area contributed by atoms with Crippen LogP contribution in [0.2, 0.25) is 0 Å². The van der Waals surface area contributed by atoms with E-state index in [1.165, 1.54) is 0 Å². The first kappa shape index (κ1) is 15.6. The third kappa shape index (κ3) is 1.56. The fraction of sp³-hybridized carbons (Fsp3) is 0.368. The maximum Gasteiger partial charge on any atom is 0.204 e. The summed E-state index contributed by atoms with van der Waals surface area (Å²) in [6, 6.07) is 1.85. The van der Waals surface area contributed by atoms with Crippen LogP contribution in [0.1, 0.15) is 17.7 Å². The predicted octanol–water partition coefficient (Wildman–Crippen LogP) is 1.59. The molecule has 2 bridgehead atoms. The highest BCUT2D eigenvalue weighted by Gasteiger charge is 2.59. The number of fused-ring (bicyclic) bond motifs is 2. The monoisotopic (exact) mass is 355 g/mol. The predicted molar refractivity (Wildman–Crippen MR) is 91.6 cm³/mol. The summed E-state index contributed by atoms with van der Waals surface area (Å²) in [5.41, 5.74) is 1.24. The Bertz CT molecular complexity index is 1010. The summed E-state index contributed by atoms with van der Waals surface area (Å²) >= 11 is 0. The van der Waals surface area contributed by atoms with E-state index in [-0.39, 0.29) is 12.2 Å². The molecule has 1 aromatic carbocycles. The second-order valence-corrected chi connectivity index (χ2v) is 6.63. The van der Waals surface area contributed by atoms with Crippen molar-refractivity contribution < 1.29 is 28.8 Å². The maximum absolute atomic E-state index is 12.4. The van der Waals surface area contributed by atoms with Crippen LogP contribution in [0, 0.1) is 0 Å². The summed E-state index contributed by atoms with van der Waals surface area (Å²) in [4.78, 5) is 16.9.